The highest BCUT2D eigenvalue weighted by Crippen LogP contribution is 2.32. The second kappa shape index (κ2) is 5.82. The third-order valence-electron chi connectivity index (χ3n) is 2.83. The average Bonchev–Trinajstić information content (AvgIpc) is 2.65. The van der Waals surface area contributed by atoms with Gasteiger partial charge in [0.05, 0.1) is 17.2 Å². The number of rotatable bonds is 5. The van der Waals surface area contributed by atoms with Crippen LogP contribution < -0.4 is 5.73 Å². The van der Waals surface area contributed by atoms with Gasteiger partial charge in [0.25, 0.3) is 0 Å². The molecular weight excluding hydrogens is 341 g/mol. The molecule has 5 nitrogen and oxygen atoms in total. The van der Waals surface area contributed by atoms with Crippen molar-refractivity contribution in [3.8, 4) is 0 Å². The van der Waals surface area contributed by atoms with Crippen LogP contribution in [0.4, 0.5) is 13.2 Å². The first-order chi connectivity index (χ1) is 8.98. The van der Waals surface area contributed by atoms with E-state index < -0.39 is 17.5 Å². The summed E-state index contributed by atoms with van der Waals surface area (Å²) in [6, 6.07) is 0. The van der Waals surface area contributed by atoms with Crippen LogP contribution in [-0.2, 0) is 6.54 Å². The maximum Gasteiger partial charge on any atom is 0.413 e. The largest absolute Gasteiger partial charge is 0.413 e. The van der Waals surface area contributed by atoms with Gasteiger partial charge in [0.1, 0.15) is 5.69 Å². The summed E-state index contributed by atoms with van der Waals surface area (Å²) < 4.78 is 40.0. The van der Waals surface area contributed by atoms with Gasteiger partial charge in [-0.3, -0.25) is 9.48 Å². The molecule has 0 radical (unpaired) electrons. The highest BCUT2D eigenvalue weighted by atomic mass is 79.9. The number of nitrogens with zero attached hydrogens (tertiary/aromatic N) is 3. The van der Waals surface area contributed by atoms with Crippen LogP contribution in [0.25, 0.3) is 0 Å². The van der Waals surface area contributed by atoms with Crippen LogP contribution in [0.5, 0.6) is 0 Å². The fraction of sp³-hybridized carbons (Fsp3) is 0.636. The molecule has 0 aliphatic rings. The highest BCUT2D eigenvalue weighted by Gasteiger charge is 2.55. The lowest BCUT2D eigenvalue weighted by molar-refractivity contribution is -0.166. The number of ketones is 1. The van der Waals surface area contributed by atoms with Crippen molar-refractivity contribution in [3.63, 3.8) is 0 Å². The normalized spacial score (nSPS) is 15.4. The average molecular weight is 357 g/mol. The van der Waals surface area contributed by atoms with Gasteiger partial charge in [-0.1, -0.05) is 0 Å². The van der Waals surface area contributed by atoms with Gasteiger partial charge in [-0.15, -0.1) is 0 Å². The van der Waals surface area contributed by atoms with Crippen molar-refractivity contribution < 1.29 is 18.0 Å². The Morgan fingerprint density at radius 2 is 2.05 bits per heavy atom. The van der Waals surface area contributed by atoms with Crippen LogP contribution in [0.2, 0.25) is 0 Å². The number of nitrogens with two attached hydrogens (primary N) is 1. The number of halogens is 4. The van der Waals surface area contributed by atoms with E-state index in [1.54, 1.807) is 0 Å². The van der Waals surface area contributed by atoms with Crippen molar-refractivity contribution in [2.75, 3.05) is 20.6 Å². The van der Waals surface area contributed by atoms with Gasteiger partial charge in [-0.05, 0) is 36.9 Å². The predicted octanol–water partition coefficient (Wildman–Crippen LogP) is 1.67. The molecule has 1 heterocycles. The van der Waals surface area contributed by atoms with Crippen LogP contribution >= 0.6 is 15.9 Å². The Bertz CT molecular complexity index is 496. The zero-order valence-electron chi connectivity index (χ0n) is 11.3. The van der Waals surface area contributed by atoms with Crippen molar-refractivity contribution in [1.82, 2.24) is 14.7 Å². The summed E-state index contributed by atoms with van der Waals surface area (Å²) in [5.41, 5.74) is 2.05. The topological polar surface area (TPSA) is 64.2 Å². The molecule has 0 saturated carbocycles. The number of likely N-dealkylation sites (N-methyl/N-ethyl adjacent to an activating group) is 1. The molecule has 0 saturated heterocycles. The van der Waals surface area contributed by atoms with E-state index in [1.807, 2.05) is 19.0 Å². The monoisotopic (exact) mass is 356 g/mol. The van der Waals surface area contributed by atoms with E-state index in [2.05, 4.69) is 21.0 Å². The molecule has 1 unspecified atom stereocenters. The van der Waals surface area contributed by atoms with Gasteiger partial charge >= 0.3 is 6.18 Å². The minimum atomic E-state index is -4.83. The summed E-state index contributed by atoms with van der Waals surface area (Å²) in [5.74, 6) is -1.21. The first-order valence-corrected chi connectivity index (χ1v) is 6.54. The highest BCUT2D eigenvalue weighted by molar-refractivity contribution is 9.10. The molecule has 1 rings (SSSR count). The molecule has 0 aliphatic carbocycles. The van der Waals surface area contributed by atoms with Crippen molar-refractivity contribution in [2.24, 2.45) is 5.73 Å². The van der Waals surface area contributed by atoms with E-state index in [1.165, 1.54) is 10.9 Å². The number of alkyl halides is 3. The molecule has 9 heteroatoms. The van der Waals surface area contributed by atoms with Crippen LogP contribution in [-0.4, -0.2) is 52.8 Å². The minimum absolute atomic E-state index is 0.172. The Morgan fingerprint density at radius 1 is 1.50 bits per heavy atom. The van der Waals surface area contributed by atoms with E-state index in [9.17, 15) is 18.0 Å². The first kappa shape index (κ1) is 17.1. The maximum atomic E-state index is 12.9. The number of hydrogen-bond donors (Lipinski definition) is 1. The Morgan fingerprint density at radius 3 is 2.50 bits per heavy atom. The van der Waals surface area contributed by atoms with Crippen molar-refractivity contribution in [3.05, 3.63) is 16.4 Å². The van der Waals surface area contributed by atoms with Gasteiger partial charge in [0, 0.05) is 6.54 Å². The number of aromatic nitrogens is 2. The van der Waals surface area contributed by atoms with Gasteiger partial charge in [0.15, 0.2) is 5.54 Å². The van der Waals surface area contributed by atoms with Crippen LogP contribution in [0.1, 0.15) is 17.4 Å². The Balaban J connectivity index is 3.13. The van der Waals surface area contributed by atoms with E-state index in [0.29, 0.717) is 13.5 Å². The fourth-order valence-electron chi connectivity index (χ4n) is 1.43. The summed E-state index contributed by atoms with van der Waals surface area (Å²) in [5, 5.41) is 3.90. The summed E-state index contributed by atoms with van der Waals surface area (Å²) in [7, 11) is 3.62. The molecule has 20 heavy (non-hydrogen) atoms. The molecule has 1 aromatic rings. The number of Topliss-reactive ketones (excluding diaryl/α,β-unsaturated/α-hetero) is 1. The summed E-state index contributed by atoms with van der Waals surface area (Å²) >= 11 is 3.04. The molecule has 0 aliphatic heterocycles. The standard InChI is InChI=1S/C11H16BrF3N4O/c1-10(16,11(13,14)15)9(20)8-7(12)6-17-19(8)5-4-18(2)3/h6H,4-5,16H2,1-3H3. The van der Waals surface area contributed by atoms with E-state index in [4.69, 9.17) is 5.73 Å². The minimum Gasteiger partial charge on any atom is -0.311 e. The lowest BCUT2D eigenvalue weighted by atomic mass is 9.94. The third-order valence-corrected chi connectivity index (χ3v) is 3.41. The van der Waals surface area contributed by atoms with Crippen molar-refractivity contribution in [1.29, 1.82) is 0 Å². The lowest BCUT2D eigenvalue weighted by Crippen LogP contribution is -2.57. The quantitative estimate of drug-likeness (QED) is 0.815. The zero-order chi connectivity index (χ0) is 15.7. The molecule has 0 amide bonds. The van der Waals surface area contributed by atoms with Gasteiger partial charge in [-0.25, -0.2) is 0 Å². The Kier molecular flexibility index (Phi) is 4.99. The van der Waals surface area contributed by atoms with E-state index in [-0.39, 0.29) is 16.7 Å². The number of carbonyl (C=O) groups excluding carboxylic acids is 1. The fourth-order valence-corrected chi connectivity index (χ4v) is 1.90. The Labute approximate surface area is 123 Å². The summed E-state index contributed by atoms with van der Waals surface area (Å²) in [6.07, 6.45) is -3.55. The molecule has 0 bridgehead atoms. The number of carbonyl (C=O) groups is 1. The lowest BCUT2D eigenvalue weighted by Gasteiger charge is -2.26. The van der Waals surface area contributed by atoms with Crippen LogP contribution in [0.3, 0.4) is 0 Å². The van der Waals surface area contributed by atoms with Crippen molar-refractivity contribution >= 4 is 21.7 Å². The van der Waals surface area contributed by atoms with Crippen molar-refractivity contribution in [2.45, 2.75) is 25.2 Å². The molecular formula is C11H16BrF3N4O. The van der Waals surface area contributed by atoms with E-state index >= 15 is 0 Å². The summed E-state index contributed by atoms with van der Waals surface area (Å²) in [6.45, 7) is 1.47. The van der Waals surface area contributed by atoms with E-state index in [0.717, 1.165) is 0 Å². The molecule has 1 aromatic heterocycles. The summed E-state index contributed by atoms with van der Waals surface area (Å²) in [4.78, 5) is 13.9. The first-order valence-electron chi connectivity index (χ1n) is 5.75. The maximum absolute atomic E-state index is 12.9. The molecule has 0 spiro atoms. The second-order valence-corrected chi connectivity index (χ2v) is 5.75. The van der Waals surface area contributed by atoms with Gasteiger partial charge in [0.2, 0.25) is 5.78 Å². The third kappa shape index (κ3) is 3.39. The molecule has 0 aromatic carbocycles. The molecule has 1 atom stereocenters. The molecule has 0 fully saturated rings. The predicted molar refractivity (Wildman–Crippen MR) is 71.5 cm³/mol. The van der Waals surface area contributed by atoms with Crippen LogP contribution in [0, 0.1) is 0 Å². The van der Waals surface area contributed by atoms with Gasteiger partial charge in [-0.2, -0.15) is 18.3 Å². The number of hydrogen-bond acceptors (Lipinski definition) is 4. The SMILES string of the molecule is CN(C)CCn1ncc(Br)c1C(=O)C(C)(N)C(F)(F)F. The smallest absolute Gasteiger partial charge is 0.311 e. The second-order valence-electron chi connectivity index (χ2n) is 4.90. The Hall–Kier alpha value is -0.930. The zero-order valence-corrected chi connectivity index (χ0v) is 12.9. The molecule has 114 valence electrons. The molecule has 2 N–H and O–H groups in total. The van der Waals surface area contributed by atoms with Crippen LogP contribution in [0.15, 0.2) is 10.7 Å². The van der Waals surface area contributed by atoms with Gasteiger partial charge < -0.3 is 10.6 Å².